The molecule has 2 heterocycles. The van der Waals surface area contributed by atoms with Gasteiger partial charge in [0.05, 0.1) is 18.1 Å². The molecule has 2 fully saturated rings. The predicted molar refractivity (Wildman–Crippen MR) is 94.1 cm³/mol. The molecule has 0 saturated carbocycles. The molecule has 0 bridgehead atoms. The highest BCUT2D eigenvalue weighted by Crippen LogP contribution is 2.27. The predicted octanol–water partition coefficient (Wildman–Crippen LogP) is 1.96. The van der Waals surface area contributed by atoms with Gasteiger partial charge in [0.15, 0.2) is 0 Å². The van der Waals surface area contributed by atoms with E-state index in [1.54, 1.807) is 4.90 Å². The number of nitro groups is 1. The van der Waals surface area contributed by atoms with Crippen molar-refractivity contribution >= 4 is 29.1 Å². The van der Waals surface area contributed by atoms with Crippen molar-refractivity contribution in [3.05, 3.63) is 38.9 Å². The molecule has 0 N–H and O–H groups in total. The molecule has 8 nitrogen and oxygen atoms in total. The van der Waals surface area contributed by atoms with E-state index in [0.717, 1.165) is 0 Å². The van der Waals surface area contributed by atoms with Gasteiger partial charge in [-0.2, -0.15) is 0 Å². The highest BCUT2D eigenvalue weighted by atomic mass is 35.5. The second-order valence-corrected chi connectivity index (χ2v) is 6.86. The fourth-order valence-electron chi connectivity index (χ4n) is 3.38. The van der Waals surface area contributed by atoms with Crippen molar-refractivity contribution in [2.45, 2.75) is 12.8 Å². The summed E-state index contributed by atoms with van der Waals surface area (Å²) in [5, 5.41) is 11.4. The lowest BCUT2D eigenvalue weighted by Crippen LogP contribution is -2.47. The number of ether oxygens (including phenoxy) is 1. The van der Waals surface area contributed by atoms with Crippen molar-refractivity contribution in [3.8, 4) is 0 Å². The summed E-state index contributed by atoms with van der Waals surface area (Å²) < 4.78 is 5.26. The van der Waals surface area contributed by atoms with Crippen molar-refractivity contribution in [3.63, 3.8) is 0 Å². The number of benzene rings is 1. The van der Waals surface area contributed by atoms with Crippen molar-refractivity contribution in [1.82, 2.24) is 9.80 Å². The quantitative estimate of drug-likeness (QED) is 0.589. The summed E-state index contributed by atoms with van der Waals surface area (Å²) >= 11 is 5.80. The third kappa shape index (κ3) is 3.96. The van der Waals surface area contributed by atoms with Gasteiger partial charge in [0, 0.05) is 43.2 Å². The molecule has 140 valence electrons. The molecule has 0 radical (unpaired) electrons. The van der Waals surface area contributed by atoms with Crippen molar-refractivity contribution < 1.29 is 19.2 Å². The Balaban J connectivity index is 1.64. The molecule has 9 heteroatoms. The van der Waals surface area contributed by atoms with Gasteiger partial charge in [0.1, 0.15) is 5.56 Å². The number of carbonyl (C=O) groups excluding carboxylic acids is 2. The number of hydrogen-bond donors (Lipinski definition) is 0. The molecular weight excluding hydrogens is 362 g/mol. The fourth-order valence-corrected chi connectivity index (χ4v) is 3.54. The number of nitrogens with zero attached hydrogens (tertiary/aromatic N) is 3. The third-order valence-corrected chi connectivity index (χ3v) is 5.08. The third-order valence-electron chi connectivity index (χ3n) is 4.84. The number of rotatable bonds is 3. The standard InChI is InChI=1S/C17H20ClN3O5/c18-13-1-2-14(15(11-13)21(24)25)17(23)19-5-3-12(4-6-19)16(22)20-7-9-26-10-8-20/h1-2,11-12H,3-10H2. The Kier molecular flexibility index (Phi) is 5.73. The number of nitro benzene ring substituents is 1. The molecule has 0 atom stereocenters. The molecule has 0 spiro atoms. The highest BCUT2D eigenvalue weighted by molar-refractivity contribution is 6.31. The molecule has 2 aliphatic rings. The zero-order chi connectivity index (χ0) is 18.7. The molecule has 1 aromatic carbocycles. The highest BCUT2D eigenvalue weighted by Gasteiger charge is 2.33. The maximum absolute atomic E-state index is 12.7. The smallest absolute Gasteiger partial charge is 0.283 e. The van der Waals surface area contributed by atoms with Crippen LogP contribution in [0, 0.1) is 16.0 Å². The van der Waals surface area contributed by atoms with Crippen LogP contribution in [0.4, 0.5) is 5.69 Å². The van der Waals surface area contributed by atoms with E-state index >= 15 is 0 Å². The second-order valence-electron chi connectivity index (χ2n) is 6.42. The first-order valence-corrected chi connectivity index (χ1v) is 8.95. The van der Waals surface area contributed by atoms with Crippen LogP contribution in [0.5, 0.6) is 0 Å². The largest absolute Gasteiger partial charge is 0.378 e. The van der Waals surface area contributed by atoms with Crippen LogP contribution in [0.1, 0.15) is 23.2 Å². The van der Waals surface area contributed by atoms with Crippen LogP contribution in [-0.2, 0) is 9.53 Å². The molecule has 0 aromatic heterocycles. The zero-order valence-corrected chi connectivity index (χ0v) is 15.0. The summed E-state index contributed by atoms with van der Waals surface area (Å²) in [5.41, 5.74) is -0.272. The lowest BCUT2D eigenvalue weighted by atomic mass is 9.94. The summed E-state index contributed by atoms with van der Waals surface area (Å²) in [5.74, 6) is -0.402. The van der Waals surface area contributed by atoms with E-state index in [1.807, 2.05) is 4.90 Å². The summed E-state index contributed by atoms with van der Waals surface area (Å²) in [6.45, 7) is 3.13. The van der Waals surface area contributed by atoms with Crippen LogP contribution in [-0.4, -0.2) is 65.9 Å². The van der Waals surface area contributed by atoms with E-state index in [0.29, 0.717) is 52.2 Å². The van der Waals surface area contributed by atoms with Gasteiger partial charge < -0.3 is 14.5 Å². The topological polar surface area (TPSA) is 93.0 Å². The van der Waals surface area contributed by atoms with Gasteiger partial charge in [-0.25, -0.2) is 0 Å². The Morgan fingerprint density at radius 3 is 2.38 bits per heavy atom. The van der Waals surface area contributed by atoms with Gasteiger partial charge in [-0.1, -0.05) is 11.6 Å². The average Bonchev–Trinajstić information content (AvgIpc) is 2.67. The molecule has 3 rings (SSSR count). The molecule has 2 amide bonds. The molecule has 2 aliphatic heterocycles. The maximum Gasteiger partial charge on any atom is 0.283 e. The number of amides is 2. The van der Waals surface area contributed by atoms with Crippen molar-refractivity contribution in [1.29, 1.82) is 0 Å². The Labute approximate surface area is 155 Å². The minimum Gasteiger partial charge on any atom is -0.378 e. The first kappa shape index (κ1) is 18.6. The van der Waals surface area contributed by atoms with Crippen LogP contribution >= 0.6 is 11.6 Å². The lowest BCUT2D eigenvalue weighted by molar-refractivity contribution is -0.385. The van der Waals surface area contributed by atoms with Gasteiger partial charge in [-0.05, 0) is 25.0 Å². The fraction of sp³-hybridized carbons (Fsp3) is 0.529. The number of hydrogen-bond acceptors (Lipinski definition) is 5. The number of piperidine rings is 1. The van der Waals surface area contributed by atoms with Gasteiger partial charge in [-0.3, -0.25) is 19.7 Å². The van der Waals surface area contributed by atoms with Crippen molar-refractivity contribution in [2.24, 2.45) is 5.92 Å². The Bertz CT molecular complexity index is 712. The van der Waals surface area contributed by atoms with E-state index in [4.69, 9.17) is 16.3 Å². The molecule has 2 saturated heterocycles. The first-order valence-electron chi connectivity index (χ1n) is 8.57. The van der Waals surface area contributed by atoms with Crippen LogP contribution in [0.25, 0.3) is 0 Å². The SMILES string of the molecule is O=C(c1ccc(Cl)cc1[N+](=O)[O-])N1CCC(C(=O)N2CCOCC2)CC1. The summed E-state index contributed by atoms with van der Waals surface area (Å²) in [6.07, 6.45) is 1.12. The van der Waals surface area contributed by atoms with E-state index in [-0.39, 0.29) is 28.1 Å². The summed E-state index contributed by atoms with van der Waals surface area (Å²) in [4.78, 5) is 39.2. The van der Waals surface area contributed by atoms with Crippen LogP contribution in [0.15, 0.2) is 18.2 Å². The molecule has 0 unspecified atom stereocenters. The molecular formula is C17H20ClN3O5. The van der Waals surface area contributed by atoms with E-state index in [2.05, 4.69) is 0 Å². The van der Waals surface area contributed by atoms with Crippen LogP contribution in [0.3, 0.4) is 0 Å². The monoisotopic (exact) mass is 381 g/mol. The first-order chi connectivity index (χ1) is 12.5. The summed E-state index contributed by atoms with van der Waals surface area (Å²) in [7, 11) is 0. The van der Waals surface area contributed by atoms with E-state index < -0.39 is 10.8 Å². The normalized spacial score (nSPS) is 18.7. The lowest BCUT2D eigenvalue weighted by Gasteiger charge is -2.35. The van der Waals surface area contributed by atoms with Crippen molar-refractivity contribution in [2.75, 3.05) is 39.4 Å². The minimum absolute atomic E-state index is 0.0253. The average molecular weight is 382 g/mol. The van der Waals surface area contributed by atoms with E-state index in [9.17, 15) is 19.7 Å². The zero-order valence-electron chi connectivity index (χ0n) is 14.2. The molecule has 26 heavy (non-hydrogen) atoms. The Morgan fingerprint density at radius 1 is 1.12 bits per heavy atom. The van der Waals surface area contributed by atoms with E-state index in [1.165, 1.54) is 18.2 Å². The summed E-state index contributed by atoms with van der Waals surface area (Å²) in [6, 6.07) is 4.04. The van der Waals surface area contributed by atoms with Gasteiger partial charge >= 0.3 is 0 Å². The number of morpholine rings is 1. The number of carbonyl (C=O) groups is 2. The molecule has 1 aromatic rings. The number of halogens is 1. The molecule has 0 aliphatic carbocycles. The Morgan fingerprint density at radius 2 is 1.77 bits per heavy atom. The van der Waals surface area contributed by atoms with Gasteiger partial charge in [0.25, 0.3) is 11.6 Å². The number of likely N-dealkylation sites (tertiary alicyclic amines) is 1. The maximum atomic E-state index is 12.7. The van der Waals surface area contributed by atoms with Crippen LogP contribution in [0.2, 0.25) is 5.02 Å². The van der Waals surface area contributed by atoms with Gasteiger partial charge in [-0.15, -0.1) is 0 Å². The van der Waals surface area contributed by atoms with Crippen LogP contribution < -0.4 is 0 Å². The second kappa shape index (κ2) is 8.01. The van der Waals surface area contributed by atoms with Gasteiger partial charge in [0.2, 0.25) is 5.91 Å². The Hall–Kier alpha value is -2.19. The minimum atomic E-state index is -0.603.